The maximum absolute atomic E-state index is 13.3. The van der Waals surface area contributed by atoms with Crippen LogP contribution >= 0.6 is 27.7 Å². The number of hydrogen-bond donors (Lipinski definition) is 1. The predicted molar refractivity (Wildman–Crippen MR) is 66.5 cm³/mol. The Morgan fingerprint density at radius 1 is 1.47 bits per heavy atom. The number of thioether (sulfide) groups is 1. The van der Waals surface area contributed by atoms with E-state index >= 15 is 0 Å². The van der Waals surface area contributed by atoms with Gasteiger partial charge in [0.05, 0.1) is 6.10 Å². The third kappa shape index (κ3) is 4.13. The smallest absolute Gasteiger partial charge is 0.127 e. The molecule has 15 heavy (non-hydrogen) atoms. The number of aliphatic hydroxyl groups is 1. The van der Waals surface area contributed by atoms with Gasteiger partial charge in [0, 0.05) is 15.5 Å². The van der Waals surface area contributed by atoms with Gasteiger partial charge in [0.25, 0.3) is 0 Å². The van der Waals surface area contributed by atoms with Crippen molar-refractivity contribution in [2.45, 2.75) is 31.0 Å². The molecule has 0 fully saturated rings. The van der Waals surface area contributed by atoms with Gasteiger partial charge in [0.1, 0.15) is 5.82 Å². The summed E-state index contributed by atoms with van der Waals surface area (Å²) in [5.74, 6) is 0.389. The Bertz CT molecular complexity index is 330. The lowest BCUT2D eigenvalue weighted by molar-refractivity contribution is 0.196. The molecule has 1 rings (SSSR count). The Morgan fingerprint density at radius 3 is 2.73 bits per heavy atom. The van der Waals surface area contributed by atoms with Crippen molar-refractivity contribution in [3.8, 4) is 0 Å². The van der Waals surface area contributed by atoms with Gasteiger partial charge >= 0.3 is 0 Å². The van der Waals surface area contributed by atoms with Crippen LogP contribution in [-0.2, 0) is 5.75 Å². The summed E-state index contributed by atoms with van der Waals surface area (Å²) in [5, 5.41) is 9.41. The van der Waals surface area contributed by atoms with Crippen LogP contribution in [0.15, 0.2) is 22.7 Å². The molecule has 0 aliphatic rings. The van der Waals surface area contributed by atoms with E-state index in [9.17, 15) is 9.50 Å². The first-order valence-electron chi connectivity index (χ1n) is 4.74. The Labute approximate surface area is 102 Å². The number of benzene rings is 1. The van der Waals surface area contributed by atoms with Crippen molar-refractivity contribution in [3.05, 3.63) is 34.1 Å². The summed E-state index contributed by atoms with van der Waals surface area (Å²) >= 11 is 4.86. The van der Waals surface area contributed by atoms with E-state index in [1.807, 2.05) is 6.92 Å². The van der Waals surface area contributed by atoms with Crippen molar-refractivity contribution in [2.24, 2.45) is 0 Å². The van der Waals surface area contributed by atoms with Crippen LogP contribution in [0.2, 0.25) is 0 Å². The van der Waals surface area contributed by atoms with E-state index in [0.717, 1.165) is 4.47 Å². The lowest BCUT2D eigenvalue weighted by Crippen LogP contribution is -2.15. The molecule has 0 aliphatic carbocycles. The highest BCUT2D eigenvalue weighted by Gasteiger charge is 2.11. The summed E-state index contributed by atoms with van der Waals surface area (Å²) in [6.07, 6.45) is -0.370. The van der Waals surface area contributed by atoms with Crippen LogP contribution < -0.4 is 0 Å². The largest absolute Gasteiger partial charge is 0.392 e. The summed E-state index contributed by atoms with van der Waals surface area (Å²) in [4.78, 5) is 0. The van der Waals surface area contributed by atoms with Gasteiger partial charge in [-0.25, -0.2) is 4.39 Å². The first-order chi connectivity index (χ1) is 7.00. The number of aliphatic hydroxyl groups excluding tert-OH is 1. The fourth-order valence-corrected chi connectivity index (χ4v) is 2.37. The number of halogens is 2. The molecular formula is C11H14BrFOS. The molecule has 2 atom stereocenters. The van der Waals surface area contributed by atoms with Crippen molar-refractivity contribution in [1.82, 2.24) is 0 Å². The molecule has 2 unspecified atom stereocenters. The zero-order valence-corrected chi connectivity index (χ0v) is 11.1. The molecule has 1 aromatic rings. The topological polar surface area (TPSA) is 20.2 Å². The zero-order valence-electron chi connectivity index (χ0n) is 8.71. The molecule has 0 heterocycles. The lowest BCUT2D eigenvalue weighted by atomic mass is 10.2. The minimum absolute atomic E-state index is 0.114. The van der Waals surface area contributed by atoms with Crippen molar-refractivity contribution >= 4 is 27.7 Å². The van der Waals surface area contributed by atoms with Gasteiger partial charge < -0.3 is 5.11 Å². The predicted octanol–water partition coefficient (Wildman–Crippen LogP) is 3.59. The van der Waals surface area contributed by atoms with E-state index in [4.69, 9.17) is 0 Å². The summed E-state index contributed by atoms with van der Waals surface area (Å²) in [6, 6.07) is 4.91. The zero-order chi connectivity index (χ0) is 11.4. The van der Waals surface area contributed by atoms with E-state index < -0.39 is 0 Å². The maximum Gasteiger partial charge on any atom is 0.127 e. The Kier molecular flexibility index (Phi) is 5.09. The van der Waals surface area contributed by atoms with Gasteiger partial charge in [-0.05, 0) is 30.7 Å². The molecule has 0 aromatic heterocycles. The third-order valence-corrected chi connectivity index (χ3v) is 4.08. The monoisotopic (exact) mass is 292 g/mol. The quantitative estimate of drug-likeness (QED) is 0.915. The molecular weight excluding hydrogens is 279 g/mol. The molecule has 1 nitrogen and oxygen atoms in total. The SMILES string of the molecule is CC(O)C(C)SCc1cc(Br)ccc1F. The first kappa shape index (κ1) is 13.0. The van der Waals surface area contributed by atoms with E-state index in [-0.39, 0.29) is 17.2 Å². The standard InChI is InChI=1S/C11H14BrFOS/c1-7(14)8(2)15-6-9-5-10(12)3-4-11(9)13/h3-5,7-8,14H,6H2,1-2H3. The Hall–Kier alpha value is -0.0600. The summed E-state index contributed by atoms with van der Waals surface area (Å²) in [5.41, 5.74) is 0.668. The Balaban J connectivity index is 2.61. The number of rotatable bonds is 4. The summed E-state index contributed by atoms with van der Waals surface area (Å²) in [6.45, 7) is 3.68. The van der Waals surface area contributed by atoms with Crippen molar-refractivity contribution < 1.29 is 9.50 Å². The maximum atomic E-state index is 13.3. The van der Waals surface area contributed by atoms with E-state index in [0.29, 0.717) is 11.3 Å². The van der Waals surface area contributed by atoms with Gasteiger partial charge in [-0.3, -0.25) is 0 Å². The van der Waals surface area contributed by atoms with Crippen LogP contribution in [0.4, 0.5) is 4.39 Å². The van der Waals surface area contributed by atoms with Gasteiger partial charge in [-0.15, -0.1) is 0 Å². The average molecular weight is 293 g/mol. The minimum Gasteiger partial charge on any atom is -0.392 e. The third-order valence-electron chi connectivity index (χ3n) is 2.19. The van der Waals surface area contributed by atoms with Crippen LogP contribution in [0.3, 0.4) is 0 Å². The second-order valence-electron chi connectivity index (χ2n) is 3.49. The summed E-state index contributed by atoms with van der Waals surface area (Å²) < 4.78 is 14.2. The molecule has 0 aliphatic heterocycles. The molecule has 4 heteroatoms. The second kappa shape index (κ2) is 5.87. The van der Waals surface area contributed by atoms with Crippen molar-refractivity contribution in [2.75, 3.05) is 0 Å². The highest BCUT2D eigenvalue weighted by molar-refractivity contribution is 9.10. The van der Waals surface area contributed by atoms with Crippen molar-refractivity contribution in [1.29, 1.82) is 0 Å². The molecule has 0 saturated carbocycles. The fraction of sp³-hybridized carbons (Fsp3) is 0.455. The molecule has 1 aromatic carbocycles. The van der Waals surface area contributed by atoms with Crippen LogP contribution in [0.5, 0.6) is 0 Å². The van der Waals surface area contributed by atoms with E-state index in [1.54, 1.807) is 30.8 Å². The molecule has 1 N–H and O–H groups in total. The average Bonchev–Trinajstić information content (AvgIpc) is 2.18. The molecule has 84 valence electrons. The van der Waals surface area contributed by atoms with Crippen LogP contribution in [0, 0.1) is 5.82 Å². The fourth-order valence-electron chi connectivity index (χ4n) is 1.01. The van der Waals surface area contributed by atoms with Gasteiger partial charge in [-0.1, -0.05) is 22.9 Å². The molecule has 0 amide bonds. The van der Waals surface area contributed by atoms with Crippen molar-refractivity contribution in [3.63, 3.8) is 0 Å². The lowest BCUT2D eigenvalue weighted by Gasteiger charge is -2.14. The highest BCUT2D eigenvalue weighted by atomic mass is 79.9. The molecule has 0 saturated heterocycles. The molecule has 0 radical (unpaired) electrons. The van der Waals surface area contributed by atoms with E-state index in [2.05, 4.69) is 15.9 Å². The first-order valence-corrected chi connectivity index (χ1v) is 6.58. The van der Waals surface area contributed by atoms with E-state index in [1.165, 1.54) is 6.07 Å². The van der Waals surface area contributed by atoms with Gasteiger partial charge in [0.15, 0.2) is 0 Å². The molecule has 0 bridgehead atoms. The van der Waals surface area contributed by atoms with Gasteiger partial charge in [0.2, 0.25) is 0 Å². The minimum atomic E-state index is -0.370. The van der Waals surface area contributed by atoms with Crippen LogP contribution in [0.1, 0.15) is 19.4 Å². The van der Waals surface area contributed by atoms with Gasteiger partial charge in [-0.2, -0.15) is 11.8 Å². The Morgan fingerprint density at radius 2 is 2.13 bits per heavy atom. The van der Waals surface area contributed by atoms with Crippen LogP contribution in [0.25, 0.3) is 0 Å². The van der Waals surface area contributed by atoms with Crippen LogP contribution in [-0.4, -0.2) is 16.5 Å². The summed E-state index contributed by atoms with van der Waals surface area (Å²) in [7, 11) is 0. The molecule has 0 spiro atoms. The normalized spacial score (nSPS) is 15.0. The number of hydrogen-bond acceptors (Lipinski definition) is 2. The second-order valence-corrected chi connectivity index (χ2v) is 5.77. The highest BCUT2D eigenvalue weighted by Crippen LogP contribution is 2.24.